The lowest BCUT2D eigenvalue weighted by Gasteiger charge is -2.35. The van der Waals surface area contributed by atoms with Crippen molar-refractivity contribution in [3.63, 3.8) is 0 Å². The number of halogens is 2. The second-order valence-corrected chi connectivity index (χ2v) is 4.57. The monoisotopic (exact) mass is 242 g/mol. The third-order valence-corrected chi connectivity index (χ3v) is 3.44. The average molecular weight is 243 g/mol. The third kappa shape index (κ3) is 1.78. The summed E-state index contributed by atoms with van der Waals surface area (Å²) in [4.78, 5) is 0. The predicted molar refractivity (Wildman–Crippen MR) is 55.6 cm³/mol. The Morgan fingerprint density at radius 2 is 1.92 bits per heavy atom. The first-order valence-corrected chi connectivity index (χ1v) is 5.42. The van der Waals surface area contributed by atoms with Crippen LogP contribution in [0.25, 0.3) is 0 Å². The van der Waals surface area contributed by atoms with Gasteiger partial charge in [0.1, 0.15) is 0 Å². The summed E-state index contributed by atoms with van der Waals surface area (Å²) < 4.78 is 13.5. The Kier molecular flexibility index (Phi) is 2.68. The minimum atomic E-state index is -0.166. The van der Waals surface area contributed by atoms with Crippen molar-refractivity contribution >= 4 is 15.9 Å². The van der Waals surface area contributed by atoms with Crippen molar-refractivity contribution in [3.05, 3.63) is 34.3 Å². The van der Waals surface area contributed by atoms with E-state index in [0.717, 1.165) is 17.3 Å². The zero-order chi connectivity index (χ0) is 9.26. The molecule has 1 aromatic carbocycles. The molecule has 2 unspecified atom stereocenters. The van der Waals surface area contributed by atoms with Crippen molar-refractivity contribution in [1.29, 1.82) is 0 Å². The molecule has 2 atom stereocenters. The highest BCUT2D eigenvalue weighted by molar-refractivity contribution is 9.10. The molecule has 1 saturated carbocycles. The molecule has 13 heavy (non-hydrogen) atoms. The van der Waals surface area contributed by atoms with E-state index in [1.165, 1.54) is 5.56 Å². The summed E-state index contributed by atoms with van der Waals surface area (Å²) in [7, 11) is 0. The van der Waals surface area contributed by atoms with Gasteiger partial charge in [-0.05, 0) is 42.4 Å². The third-order valence-electron chi connectivity index (χ3n) is 2.91. The molecule has 0 radical (unpaired) electrons. The molecule has 2 heteroatoms. The van der Waals surface area contributed by atoms with Gasteiger partial charge in [0.25, 0.3) is 0 Å². The highest BCUT2D eigenvalue weighted by Crippen LogP contribution is 2.42. The van der Waals surface area contributed by atoms with Crippen LogP contribution < -0.4 is 0 Å². The van der Waals surface area contributed by atoms with Crippen LogP contribution in [0.5, 0.6) is 0 Å². The van der Waals surface area contributed by atoms with Gasteiger partial charge in [0.15, 0.2) is 0 Å². The van der Waals surface area contributed by atoms with Crippen molar-refractivity contribution in [3.8, 4) is 0 Å². The maximum Gasteiger partial charge on any atom is 0.0928 e. The van der Waals surface area contributed by atoms with Gasteiger partial charge in [-0.3, -0.25) is 4.39 Å². The first kappa shape index (κ1) is 9.20. The standard InChI is InChI=1S/C11H12BrF/c12-10-4-1-8(2-5-10)11-6-3-9(11)7-13/h1-2,4-5,9,11H,3,6-7H2. The van der Waals surface area contributed by atoms with Gasteiger partial charge in [-0.1, -0.05) is 28.1 Å². The molecule has 0 spiro atoms. The van der Waals surface area contributed by atoms with Crippen molar-refractivity contribution in [2.45, 2.75) is 18.8 Å². The fourth-order valence-corrected chi connectivity index (χ4v) is 2.17. The molecular formula is C11H12BrF. The van der Waals surface area contributed by atoms with Crippen LogP contribution in [0.1, 0.15) is 24.3 Å². The molecule has 0 aromatic heterocycles. The lowest BCUT2D eigenvalue weighted by atomic mass is 9.71. The largest absolute Gasteiger partial charge is 0.251 e. The van der Waals surface area contributed by atoms with Crippen LogP contribution in [0.4, 0.5) is 4.39 Å². The molecule has 0 saturated heterocycles. The summed E-state index contributed by atoms with van der Waals surface area (Å²) >= 11 is 3.39. The molecule has 1 aliphatic rings. The zero-order valence-corrected chi connectivity index (χ0v) is 8.93. The zero-order valence-electron chi connectivity index (χ0n) is 7.34. The van der Waals surface area contributed by atoms with E-state index in [4.69, 9.17) is 0 Å². The lowest BCUT2D eigenvalue weighted by molar-refractivity contribution is 0.200. The smallest absolute Gasteiger partial charge is 0.0928 e. The topological polar surface area (TPSA) is 0 Å². The second-order valence-electron chi connectivity index (χ2n) is 3.65. The van der Waals surface area contributed by atoms with Crippen LogP contribution in [0.15, 0.2) is 28.7 Å². The number of rotatable bonds is 2. The Morgan fingerprint density at radius 3 is 2.38 bits per heavy atom. The van der Waals surface area contributed by atoms with Gasteiger partial charge in [-0.2, -0.15) is 0 Å². The van der Waals surface area contributed by atoms with Gasteiger partial charge in [0.05, 0.1) is 6.67 Å². The van der Waals surface area contributed by atoms with Crippen LogP contribution in [-0.4, -0.2) is 6.67 Å². The second kappa shape index (κ2) is 3.79. The summed E-state index contributed by atoms with van der Waals surface area (Å²) in [6.07, 6.45) is 2.20. The van der Waals surface area contributed by atoms with E-state index in [2.05, 4.69) is 28.1 Å². The van der Waals surface area contributed by atoms with Gasteiger partial charge in [-0.15, -0.1) is 0 Å². The van der Waals surface area contributed by atoms with E-state index in [1.54, 1.807) is 0 Å². The average Bonchev–Trinajstić information content (AvgIpc) is 2.08. The van der Waals surface area contributed by atoms with Gasteiger partial charge in [0, 0.05) is 4.47 Å². The summed E-state index contributed by atoms with van der Waals surface area (Å²) in [6.45, 7) is -0.166. The van der Waals surface area contributed by atoms with Crippen LogP contribution in [-0.2, 0) is 0 Å². The fraction of sp³-hybridized carbons (Fsp3) is 0.455. The van der Waals surface area contributed by atoms with E-state index < -0.39 is 0 Å². The molecule has 0 aliphatic heterocycles. The highest BCUT2D eigenvalue weighted by atomic mass is 79.9. The molecule has 1 fully saturated rings. The summed E-state index contributed by atoms with van der Waals surface area (Å²) in [6, 6.07) is 8.25. The van der Waals surface area contributed by atoms with Crippen LogP contribution >= 0.6 is 15.9 Å². The minimum absolute atomic E-state index is 0.166. The number of benzene rings is 1. The highest BCUT2D eigenvalue weighted by Gasteiger charge is 2.31. The molecule has 0 bridgehead atoms. The number of alkyl halides is 1. The quantitative estimate of drug-likeness (QED) is 0.738. The maximum atomic E-state index is 12.4. The first-order chi connectivity index (χ1) is 6.31. The SMILES string of the molecule is FCC1CCC1c1ccc(Br)cc1. The van der Waals surface area contributed by atoms with Crippen LogP contribution in [0.3, 0.4) is 0 Å². The van der Waals surface area contributed by atoms with Gasteiger partial charge in [0.2, 0.25) is 0 Å². The minimum Gasteiger partial charge on any atom is -0.251 e. The summed E-state index contributed by atoms with van der Waals surface area (Å²) in [5.74, 6) is 0.749. The molecule has 0 amide bonds. The molecular weight excluding hydrogens is 231 g/mol. The molecule has 1 aliphatic carbocycles. The van der Waals surface area contributed by atoms with Gasteiger partial charge >= 0.3 is 0 Å². The lowest BCUT2D eigenvalue weighted by Crippen LogP contribution is -2.25. The Bertz CT molecular complexity index is 279. The van der Waals surface area contributed by atoms with Crippen LogP contribution in [0, 0.1) is 5.92 Å². The van der Waals surface area contributed by atoms with Gasteiger partial charge in [-0.25, -0.2) is 0 Å². The maximum absolute atomic E-state index is 12.4. The van der Waals surface area contributed by atoms with E-state index >= 15 is 0 Å². The molecule has 1 aromatic rings. The molecule has 70 valence electrons. The van der Waals surface area contributed by atoms with E-state index in [0.29, 0.717) is 5.92 Å². The molecule has 0 heterocycles. The van der Waals surface area contributed by atoms with Crippen molar-refractivity contribution in [2.75, 3.05) is 6.67 Å². The van der Waals surface area contributed by atoms with Crippen LogP contribution in [0.2, 0.25) is 0 Å². The van der Waals surface area contributed by atoms with Crippen molar-refractivity contribution in [2.24, 2.45) is 5.92 Å². The first-order valence-electron chi connectivity index (χ1n) is 4.62. The predicted octanol–water partition coefficient (Wildman–Crippen LogP) is 3.91. The van der Waals surface area contributed by atoms with E-state index in [1.807, 2.05) is 12.1 Å². The number of hydrogen-bond donors (Lipinski definition) is 0. The Balaban J connectivity index is 2.12. The van der Waals surface area contributed by atoms with E-state index in [9.17, 15) is 4.39 Å². The van der Waals surface area contributed by atoms with Crippen molar-refractivity contribution in [1.82, 2.24) is 0 Å². The fourth-order valence-electron chi connectivity index (χ4n) is 1.90. The summed E-state index contributed by atoms with van der Waals surface area (Å²) in [5, 5.41) is 0. The van der Waals surface area contributed by atoms with Crippen molar-refractivity contribution < 1.29 is 4.39 Å². The Labute approximate surface area is 86.3 Å². The Morgan fingerprint density at radius 1 is 1.23 bits per heavy atom. The summed E-state index contributed by atoms with van der Waals surface area (Å²) in [5.41, 5.74) is 1.29. The number of hydrogen-bond acceptors (Lipinski definition) is 0. The Hall–Kier alpha value is -0.370. The van der Waals surface area contributed by atoms with E-state index in [-0.39, 0.29) is 12.6 Å². The molecule has 2 rings (SSSR count). The normalized spacial score (nSPS) is 26.9. The van der Waals surface area contributed by atoms with Gasteiger partial charge < -0.3 is 0 Å². The molecule has 0 N–H and O–H groups in total. The molecule has 0 nitrogen and oxygen atoms in total.